The van der Waals surface area contributed by atoms with Gasteiger partial charge in [-0.3, -0.25) is 4.79 Å². The summed E-state index contributed by atoms with van der Waals surface area (Å²) in [5, 5.41) is 16.5. The van der Waals surface area contributed by atoms with Crippen molar-refractivity contribution in [2.45, 2.75) is 19.9 Å². The smallest absolute Gasteiger partial charge is 0.267 e. The van der Waals surface area contributed by atoms with Gasteiger partial charge in [0.2, 0.25) is 0 Å². The molecule has 2 aromatic heterocycles. The Morgan fingerprint density at radius 3 is 3.09 bits per heavy atom. The van der Waals surface area contributed by atoms with Crippen LogP contribution < -0.4 is 5.32 Å². The Hall–Kier alpha value is -3.14. The summed E-state index contributed by atoms with van der Waals surface area (Å²) in [4.78, 5) is 19.2. The fourth-order valence-corrected chi connectivity index (χ4v) is 2.48. The number of hydrogen-bond donors (Lipinski definition) is 2. The molecule has 0 spiro atoms. The fourth-order valence-electron chi connectivity index (χ4n) is 2.48. The van der Waals surface area contributed by atoms with Gasteiger partial charge in [0.25, 0.3) is 11.7 Å². The summed E-state index contributed by atoms with van der Waals surface area (Å²) >= 11 is 0. The lowest BCUT2D eigenvalue weighted by Gasteiger charge is -2.03. The zero-order chi connectivity index (χ0) is 16.2. The highest BCUT2D eigenvalue weighted by Crippen LogP contribution is 2.20. The molecule has 2 heterocycles. The topological polar surface area (TPSA) is 99.4 Å². The normalized spacial score (nSPS) is 10.6. The molecule has 1 amide bonds. The van der Waals surface area contributed by atoms with Crippen LogP contribution in [0.1, 0.15) is 28.8 Å². The van der Waals surface area contributed by atoms with Gasteiger partial charge in [0.05, 0.1) is 6.54 Å². The molecule has 3 rings (SSSR count). The molecule has 0 bridgehead atoms. The van der Waals surface area contributed by atoms with Crippen LogP contribution in [0, 0.1) is 11.3 Å². The molecule has 0 saturated carbocycles. The maximum absolute atomic E-state index is 12.2. The molecule has 0 atom stereocenters. The van der Waals surface area contributed by atoms with Gasteiger partial charge >= 0.3 is 0 Å². The largest absolute Gasteiger partial charge is 0.351 e. The van der Waals surface area contributed by atoms with Crippen LogP contribution >= 0.6 is 0 Å². The van der Waals surface area contributed by atoms with Crippen molar-refractivity contribution in [3.8, 4) is 6.07 Å². The third kappa shape index (κ3) is 3.06. The summed E-state index contributed by atoms with van der Waals surface area (Å²) < 4.78 is 1.53. The number of rotatable bonds is 5. The molecular weight excluding hydrogens is 292 g/mol. The standard InChI is InChI=1S/C16H16N6O/c1-2-11-4-3-5-13-12(11)8-14(20-13)16(23)18-6-7-22-10-19-15(9-17)21-22/h3-5,8,10,20H,2,6-7H2,1H3,(H,18,23). The Kier molecular flexibility index (Phi) is 4.06. The van der Waals surface area contributed by atoms with Crippen LogP contribution in [-0.4, -0.2) is 32.2 Å². The van der Waals surface area contributed by atoms with Crippen molar-refractivity contribution in [2.24, 2.45) is 0 Å². The van der Waals surface area contributed by atoms with E-state index >= 15 is 0 Å². The van der Waals surface area contributed by atoms with Gasteiger partial charge < -0.3 is 10.3 Å². The molecule has 7 heteroatoms. The maximum atomic E-state index is 12.2. The van der Waals surface area contributed by atoms with Crippen molar-refractivity contribution in [1.29, 1.82) is 5.26 Å². The quantitative estimate of drug-likeness (QED) is 0.748. The van der Waals surface area contributed by atoms with Gasteiger partial charge in [0, 0.05) is 17.4 Å². The molecule has 0 radical (unpaired) electrons. The van der Waals surface area contributed by atoms with Gasteiger partial charge in [-0.1, -0.05) is 19.1 Å². The molecule has 7 nitrogen and oxygen atoms in total. The number of carbonyl (C=O) groups excluding carboxylic acids is 1. The molecule has 116 valence electrons. The minimum absolute atomic E-state index is 0.124. The number of aromatic amines is 1. The predicted molar refractivity (Wildman–Crippen MR) is 84.7 cm³/mol. The molecule has 1 aromatic carbocycles. The molecule has 0 aliphatic carbocycles. The number of carbonyl (C=O) groups is 1. The third-order valence-electron chi connectivity index (χ3n) is 3.64. The number of fused-ring (bicyclic) bond motifs is 1. The molecule has 0 aliphatic rings. The molecule has 0 saturated heterocycles. The second-order valence-corrected chi connectivity index (χ2v) is 5.11. The molecule has 2 N–H and O–H groups in total. The van der Waals surface area contributed by atoms with Gasteiger partial charge in [-0.2, -0.15) is 5.26 Å². The van der Waals surface area contributed by atoms with Crippen molar-refractivity contribution < 1.29 is 4.79 Å². The Balaban J connectivity index is 1.65. The number of H-pyrrole nitrogens is 1. The van der Waals surface area contributed by atoms with E-state index in [1.54, 1.807) is 0 Å². The fraction of sp³-hybridized carbons (Fsp3) is 0.250. The van der Waals surface area contributed by atoms with E-state index in [4.69, 9.17) is 5.26 Å². The van der Waals surface area contributed by atoms with Crippen LogP contribution in [0.5, 0.6) is 0 Å². The number of hydrogen-bond acceptors (Lipinski definition) is 4. The number of nitrogens with one attached hydrogen (secondary N) is 2. The summed E-state index contributed by atoms with van der Waals surface area (Å²) in [6.45, 7) is 2.96. The van der Waals surface area contributed by atoms with E-state index in [0.29, 0.717) is 18.8 Å². The van der Waals surface area contributed by atoms with E-state index in [1.807, 2.05) is 24.3 Å². The lowest BCUT2D eigenvalue weighted by atomic mass is 10.1. The first kappa shape index (κ1) is 14.8. The number of nitrogens with zero attached hydrogens (tertiary/aromatic N) is 4. The van der Waals surface area contributed by atoms with E-state index < -0.39 is 0 Å². The summed E-state index contributed by atoms with van der Waals surface area (Å²) in [5.41, 5.74) is 2.71. The van der Waals surface area contributed by atoms with Gasteiger partial charge in [0.1, 0.15) is 18.1 Å². The van der Waals surface area contributed by atoms with Crippen molar-refractivity contribution in [3.05, 3.63) is 47.7 Å². The lowest BCUT2D eigenvalue weighted by Crippen LogP contribution is -2.27. The number of nitriles is 1. The maximum Gasteiger partial charge on any atom is 0.267 e. The molecule has 0 aliphatic heterocycles. The van der Waals surface area contributed by atoms with Crippen molar-refractivity contribution in [3.63, 3.8) is 0 Å². The summed E-state index contributed by atoms with van der Waals surface area (Å²) in [7, 11) is 0. The Labute approximate surface area is 132 Å². The summed E-state index contributed by atoms with van der Waals surface area (Å²) in [6, 6.07) is 9.75. The highest BCUT2D eigenvalue weighted by Gasteiger charge is 2.10. The molecule has 0 unspecified atom stereocenters. The highest BCUT2D eigenvalue weighted by atomic mass is 16.1. The number of aromatic nitrogens is 4. The minimum atomic E-state index is -0.163. The monoisotopic (exact) mass is 308 g/mol. The lowest BCUT2D eigenvalue weighted by molar-refractivity contribution is 0.0948. The molecule has 3 aromatic rings. The average Bonchev–Trinajstić information content (AvgIpc) is 3.20. The van der Waals surface area contributed by atoms with E-state index in [1.165, 1.54) is 16.6 Å². The van der Waals surface area contributed by atoms with E-state index in [9.17, 15) is 4.79 Å². The van der Waals surface area contributed by atoms with Gasteiger partial charge in [0.15, 0.2) is 0 Å². The van der Waals surface area contributed by atoms with E-state index in [0.717, 1.165) is 17.3 Å². The highest BCUT2D eigenvalue weighted by molar-refractivity contribution is 5.98. The second-order valence-electron chi connectivity index (χ2n) is 5.11. The van der Waals surface area contributed by atoms with Crippen LogP contribution in [0.3, 0.4) is 0 Å². The Bertz CT molecular complexity index is 885. The van der Waals surface area contributed by atoms with Crippen molar-refractivity contribution in [1.82, 2.24) is 25.1 Å². The number of amides is 1. The molecule has 23 heavy (non-hydrogen) atoms. The predicted octanol–water partition coefficient (Wildman–Crippen LogP) is 1.62. The first-order valence-electron chi connectivity index (χ1n) is 7.39. The van der Waals surface area contributed by atoms with E-state index in [-0.39, 0.29) is 11.7 Å². The van der Waals surface area contributed by atoms with Gasteiger partial charge in [-0.05, 0) is 24.1 Å². The van der Waals surface area contributed by atoms with Gasteiger partial charge in [-0.15, -0.1) is 5.10 Å². The third-order valence-corrected chi connectivity index (χ3v) is 3.64. The van der Waals surface area contributed by atoms with Crippen LogP contribution in [0.25, 0.3) is 10.9 Å². The Morgan fingerprint density at radius 1 is 1.48 bits per heavy atom. The average molecular weight is 308 g/mol. The van der Waals surface area contributed by atoms with Crippen LogP contribution in [0.4, 0.5) is 0 Å². The van der Waals surface area contributed by atoms with Gasteiger partial charge in [-0.25, -0.2) is 9.67 Å². The van der Waals surface area contributed by atoms with E-state index in [2.05, 4.69) is 33.4 Å². The van der Waals surface area contributed by atoms with Crippen LogP contribution in [0.15, 0.2) is 30.6 Å². The van der Waals surface area contributed by atoms with Crippen molar-refractivity contribution in [2.75, 3.05) is 6.54 Å². The SMILES string of the molecule is CCc1cccc2[nH]c(C(=O)NCCn3cnc(C#N)n3)cc12. The summed E-state index contributed by atoms with van der Waals surface area (Å²) in [6.07, 6.45) is 2.39. The molecular formula is C16H16N6O. The van der Waals surface area contributed by atoms with Crippen molar-refractivity contribution >= 4 is 16.8 Å². The summed E-state index contributed by atoms with van der Waals surface area (Å²) in [5.74, 6) is -0.0390. The second kappa shape index (κ2) is 6.32. The zero-order valence-electron chi connectivity index (χ0n) is 12.7. The van der Waals surface area contributed by atoms with Crippen LogP contribution in [0.2, 0.25) is 0 Å². The number of benzene rings is 1. The first-order valence-corrected chi connectivity index (χ1v) is 7.39. The minimum Gasteiger partial charge on any atom is -0.351 e. The zero-order valence-corrected chi connectivity index (χ0v) is 12.7. The first-order chi connectivity index (χ1) is 11.2. The number of aryl methyl sites for hydroxylation is 1. The van der Waals surface area contributed by atoms with Crippen LogP contribution in [-0.2, 0) is 13.0 Å². The Morgan fingerprint density at radius 2 is 2.35 bits per heavy atom. The molecule has 0 fully saturated rings.